The molecule has 0 heterocycles. The molecule has 88 valence electrons. The highest BCUT2D eigenvalue weighted by atomic mass is 19.1. The van der Waals surface area contributed by atoms with Crippen molar-refractivity contribution in [3.63, 3.8) is 0 Å². The van der Waals surface area contributed by atoms with Crippen LogP contribution in [0.25, 0.3) is 0 Å². The molecule has 0 spiro atoms. The molecule has 2 nitrogen and oxygen atoms in total. The van der Waals surface area contributed by atoms with Crippen LogP contribution in [0.1, 0.15) is 30.4 Å². The summed E-state index contributed by atoms with van der Waals surface area (Å²) in [5, 5.41) is 12.2. The van der Waals surface area contributed by atoms with E-state index in [0.29, 0.717) is 12.6 Å². The molecule has 0 fully saturated rings. The fraction of sp³-hybridized carbons (Fsp3) is 0.357. The van der Waals surface area contributed by atoms with Crippen LogP contribution in [-0.4, -0.2) is 6.04 Å². The first-order valence-corrected chi connectivity index (χ1v) is 5.86. The predicted octanol–water partition coefficient (Wildman–Crippen LogP) is 2.90. The molecule has 1 aromatic carbocycles. The van der Waals surface area contributed by atoms with Gasteiger partial charge in [0.1, 0.15) is 11.9 Å². The van der Waals surface area contributed by atoms with Gasteiger partial charge in [-0.2, -0.15) is 5.26 Å². The quantitative estimate of drug-likeness (QED) is 0.810. The third-order valence-corrected chi connectivity index (χ3v) is 3.02. The van der Waals surface area contributed by atoms with Gasteiger partial charge in [0.25, 0.3) is 0 Å². The molecular formula is C14H15FN2. The Hall–Kier alpha value is -1.66. The van der Waals surface area contributed by atoms with Crippen molar-refractivity contribution >= 4 is 0 Å². The average molecular weight is 230 g/mol. The second-order valence-corrected chi connectivity index (χ2v) is 4.29. The molecule has 0 radical (unpaired) electrons. The Morgan fingerprint density at radius 3 is 3.00 bits per heavy atom. The normalized spacial score (nSPS) is 18.9. The van der Waals surface area contributed by atoms with Crippen LogP contribution in [0.3, 0.4) is 0 Å². The summed E-state index contributed by atoms with van der Waals surface area (Å²) < 4.78 is 13.1. The number of nitriles is 1. The zero-order valence-corrected chi connectivity index (χ0v) is 9.62. The molecule has 17 heavy (non-hydrogen) atoms. The third-order valence-electron chi connectivity index (χ3n) is 3.02. The number of hydrogen-bond acceptors (Lipinski definition) is 2. The molecule has 1 unspecified atom stereocenters. The van der Waals surface area contributed by atoms with Crippen LogP contribution < -0.4 is 5.32 Å². The summed E-state index contributed by atoms with van der Waals surface area (Å²) in [6, 6.07) is 7.05. The molecule has 2 rings (SSSR count). The molecular weight excluding hydrogens is 215 g/mol. The Bertz CT molecular complexity index is 460. The lowest BCUT2D eigenvalue weighted by molar-refractivity contribution is 0.474. The first-order valence-electron chi connectivity index (χ1n) is 5.86. The van der Waals surface area contributed by atoms with Gasteiger partial charge in [0.15, 0.2) is 0 Å². The maximum atomic E-state index is 13.1. The molecule has 1 N–H and O–H groups in total. The van der Waals surface area contributed by atoms with Gasteiger partial charge in [-0.25, -0.2) is 4.39 Å². The summed E-state index contributed by atoms with van der Waals surface area (Å²) in [5.41, 5.74) is 1.07. The molecule has 0 aliphatic heterocycles. The minimum Gasteiger partial charge on any atom is -0.310 e. The Morgan fingerprint density at radius 2 is 2.29 bits per heavy atom. The van der Waals surface area contributed by atoms with Gasteiger partial charge in [0.05, 0.1) is 5.56 Å². The number of nitrogens with zero attached hydrogens (tertiary/aromatic N) is 1. The Labute approximate surface area is 101 Å². The molecule has 0 saturated carbocycles. The van der Waals surface area contributed by atoms with E-state index in [1.165, 1.54) is 6.07 Å². The van der Waals surface area contributed by atoms with E-state index in [9.17, 15) is 4.39 Å². The first kappa shape index (κ1) is 11.8. The summed E-state index contributed by atoms with van der Waals surface area (Å²) in [5.74, 6) is -0.447. The van der Waals surface area contributed by atoms with Crippen LogP contribution in [0.5, 0.6) is 0 Å². The van der Waals surface area contributed by atoms with Crippen LogP contribution in [0.15, 0.2) is 30.4 Å². The van der Waals surface area contributed by atoms with Gasteiger partial charge < -0.3 is 5.32 Å². The lowest BCUT2D eigenvalue weighted by Gasteiger charge is -2.19. The van der Waals surface area contributed by atoms with Gasteiger partial charge in [-0.15, -0.1) is 0 Å². The van der Waals surface area contributed by atoms with Gasteiger partial charge in [0, 0.05) is 12.6 Å². The van der Waals surface area contributed by atoms with Gasteiger partial charge in [-0.3, -0.25) is 0 Å². The SMILES string of the molecule is N#Cc1cc(CNC2CC=CCC2)ccc1F. The van der Waals surface area contributed by atoms with Crippen LogP contribution in [0.4, 0.5) is 4.39 Å². The van der Waals surface area contributed by atoms with E-state index in [-0.39, 0.29) is 5.56 Å². The monoisotopic (exact) mass is 230 g/mol. The molecule has 0 aromatic heterocycles. The highest BCUT2D eigenvalue weighted by molar-refractivity contribution is 5.34. The van der Waals surface area contributed by atoms with E-state index in [0.717, 1.165) is 24.8 Å². The van der Waals surface area contributed by atoms with E-state index in [4.69, 9.17) is 5.26 Å². The fourth-order valence-electron chi connectivity index (χ4n) is 2.01. The van der Waals surface area contributed by atoms with Crippen molar-refractivity contribution in [3.8, 4) is 6.07 Å². The second-order valence-electron chi connectivity index (χ2n) is 4.29. The number of hydrogen-bond donors (Lipinski definition) is 1. The highest BCUT2D eigenvalue weighted by Crippen LogP contribution is 2.13. The zero-order chi connectivity index (χ0) is 12.1. The van der Waals surface area contributed by atoms with Crippen LogP contribution in [-0.2, 0) is 6.54 Å². The van der Waals surface area contributed by atoms with E-state index in [2.05, 4.69) is 17.5 Å². The van der Waals surface area contributed by atoms with Crippen molar-refractivity contribution in [2.75, 3.05) is 0 Å². The van der Waals surface area contributed by atoms with Gasteiger partial charge in [0.2, 0.25) is 0 Å². The van der Waals surface area contributed by atoms with Crippen LogP contribution >= 0.6 is 0 Å². The standard InChI is InChI=1S/C14H15FN2/c15-14-7-6-11(8-12(14)9-16)10-17-13-4-2-1-3-5-13/h1-2,6-8,13,17H,3-5,10H2. The van der Waals surface area contributed by atoms with Crippen LogP contribution in [0, 0.1) is 17.1 Å². The molecule has 3 heteroatoms. The highest BCUT2D eigenvalue weighted by Gasteiger charge is 2.09. The van der Waals surface area contributed by atoms with Gasteiger partial charge in [-0.05, 0) is 37.0 Å². The minimum atomic E-state index is -0.447. The maximum Gasteiger partial charge on any atom is 0.140 e. The summed E-state index contributed by atoms with van der Waals surface area (Å²) >= 11 is 0. The average Bonchev–Trinajstić information content (AvgIpc) is 2.39. The van der Waals surface area contributed by atoms with Crippen molar-refractivity contribution in [1.82, 2.24) is 5.32 Å². The topological polar surface area (TPSA) is 35.8 Å². The number of benzene rings is 1. The summed E-state index contributed by atoms with van der Waals surface area (Å²) in [6.45, 7) is 0.688. The minimum absolute atomic E-state index is 0.118. The second kappa shape index (κ2) is 5.60. The first-order chi connectivity index (χ1) is 8.29. The maximum absolute atomic E-state index is 13.1. The van der Waals surface area contributed by atoms with Crippen molar-refractivity contribution in [1.29, 1.82) is 5.26 Å². The van der Waals surface area contributed by atoms with Crippen molar-refractivity contribution in [2.24, 2.45) is 0 Å². The van der Waals surface area contributed by atoms with Crippen molar-refractivity contribution in [3.05, 3.63) is 47.3 Å². The van der Waals surface area contributed by atoms with E-state index < -0.39 is 5.82 Å². The van der Waals surface area contributed by atoms with Crippen molar-refractivity contribution in [2.45, 2.75) is 31.8 Å². The van der Waals surface area contributed by atoms with Gasteiger partial charge in [-0.1, -0.05) is 18.2 Å². The third kappa shape index (κ3) is 3.15. The molecule has 1 atom stereocenters. The Morgan fingerprint density at radius 1 is 1.41 bits per heavy atom. The molecule has 0 saturated heterocycles. The summed E-state index contributed by atoms with van der Waals surface area (Å²) in [4.78, 5) is 0. The lowest BCUT2D eigenvalue weighted by atomic mass is 10.0. The molecule has 1 aliphatic rings. The number of halogens is 1. The molecule has 1 aromatic rings. The molecule has 0 bridgehead atoms. The largest absolute Gasteiger partial charge is 0.310 e. The van der Waals surface area contributed by atoms with E-state index >= 15 is 0 Å². The molecule has 1 aliphatic carbocycles. The summed E-state index contributed by atoms with van der Waals surface area (Å²) in [6.07, 6.45) is 7.69. The van der Waals surface area contributed by atoms with E-state index in [1.807, 2.05) is 6.07 Å². The smallest absolute Gasteiger partial charge is 0.140 e. The van der Waals surface area contributed by atoms with Gasteiger partial charge >= 0.3 is 0 Å². The Kier molecular flexibility index (Phi) is 3.89. The predicted molar refractivity (Wildman–Crippen MR) is 64.7 cm³/mol. The zero-order valence-electron chi connectivity index (χ0n) is 9.62. The fourth-order valence-corrected chi connectivity index (χ4v) is 2.01. The van der Waals surface area contributed by atoms with Crippen LogP contribution in [0.2, 0.25) is 0 Å². The number of nitrogens with one attached hydrogen (secondary N) is 1. The molecule has 0 amide bonds. The lowest BCUT2D eigenvalue weighted by Crippen LogP contribution is -2.29. The Balaban J connectivity index is 1.95. The summed E-state index contributed by atoms with van der Waals surface area (Å²) in [7, 11) is 0. The van der Waals surface area contributed by atoms with Crippen molar-refractivity contribution < 1.29 is 4.39 Å². The number of rotatable bonds is 3. The number of allylic oxidation sites excluding steroid dienone is 1. The van der Waals surface area contributed by atoms with E-state index in [1.54, 1.807) is 12.1 Å².